The Bertz CT molecular complexity index is 1340. The molecule has 3 N–H and O–H groups in total. The summed E-state index contributed by atoms with van der Waals surface area (Å²) >= 11 is 0. The minimum Gasteiger partial charge on any atom is -0.337 e. The molecule has 196 valence electrons. The number of para-hydroxylation sites is 1. The number of nitrogens with one attached hydrogen (secondary N) is 3. The van der Waals surface area contributed by atoms with Gasteiger partial charge < -0.3 is 10.6 Å². The minimum atomic E-state index is -3.97. The molecule has 2 aromatic carbocycles. The van der Waals surface area contributed by atoms with Gasteiger partial charge in [-0.05, 0) is 61.1 Å². The van der Waals surface area contributed by atoms with Gasteiger partial charge in [0, 0.05) is 25.5 Å². The molecule has 1 aliphatic carbocycles. The summed E-state index contributed by atoms with van der Waals surface area (Å²) in [5.74, 6) is 0.951. The molecule has 37 heavy (non-hydrogen) atoms. The van der Waals surface area contributed by atoms with Gasteiger partial charge in [-0.3, -0.25) is 4.90 Å². The van der Waals surface area contributed by atoms with Crippen molar-refractivity contribution >= 4 is 38.8 Å². The summed E-state index contributed by atoms with van der Waals surface area (Å²) in [6.07, 6.45) is 6.16. The van der Waals surface area contributed by atoms with Gasteiger partial charge in [0.1, 0.15) is 5.82 Å². The molecule has 4 amide bonds. The van der Waals surface area contributed by atoms with Crippen molar-refractivity contribution in [3.05, 3.63) is 66.2 Å². The molecular formula is C27H33N5O4S. The summed E-state index contributed by atoms with van der Waals surface area (Å²) in [6, 6.07) is 16.7. The Morgan fingerprint density at radius 2 is 1.68 bits per heavy atom. The third-order valence-corrected chi connectivity index (χ3v) is 8.01. The lowest BCUT2D eigenvalue weighted by molar-refractivity contribution is 0.241. The fourth-order valence-electron chi connectivity index (χ4n) is 4.46. The first-order valence-corrected chi connectivity index (χ1v) is 14.1. The van der Waals surface area contributed by atoms with E-state index < -0.39 is 16.1 Å². The zero-order chi connectivity index (χ0) is 26.3. The van der Waals surface area contributed by atoms with Crippen molar-refractivity contribution in [2.45, 2.75) is 43.4 Å². The lowest BCUT2D eigenvalue weighted by atomic mass is 9.89. The van der Waals surface area contributed by atoms with Crippen molar-refractivity contribution < 1.29 is 18.0 Å². The first kappa shape index (κ1) is 26.4. The Kier molecular flexibility index (Phi) is 8.60. The van der Waals surface area contributed by atoms with E-state index in [0.29, 0.717) is 31.2 Å². The van der Waals surface area contributed by atoms with Gasteiger partial charge in [0.15, 0.2) is 0 Å². The third-order valence-electron chi connectivity index (χ3n) is 6.66. The van der Waals surface area contributed by atoms with E-state index in [9.17, 15) is 18.0 Å². The van der Waals surface area contributed by atoms with E-state index in [1.54, 1.807) is 25.2 Å². The fourth-order valence-corrected chi connectivity index (χ4v) is 5.39. The topological polar surface area (TPSA) is 121 Å². The van der Waals surface area contributed by atoms with E-state index in [0.717, 1.165) is 42.1 Å². The lowest BCUT2D eigenvalue weighted by Gasteiger charge is -2.21. The summed E-state index contributed by atoms with van der Waals surface area (Å²) in [5.41, 5.74) is 1.67. The number of sulfonamides is 1. The van der Waals surface area contributed by atoms with Crippen molar-refractivity contribution in [3.63, 3.8) is 0 Å². The molecule has 1 aliphatic rings. The maximum absolute atomic E-state index is 12.6. The highest BCUT2D eigenvalue weighted by Gasteiger charge is 2.19. The molecule has 0 radical (unpaired) electrons. The monoisotopic (exact) mass is 523 g/mol. The number of benzene rings is 2. The first-order valence-electron chi connectivity index (χ1n) is 12.6. The van der Waals surface area contributed by atoms with E-state index in [1.807, 2.05) is 30.3 Å². The molecule has 0 aliphatic heterocycles. The first-order chi connectivity index (χ1) is 17.8. The van der Waals surface area contributed by atoms with Crippen molar-refractivity contribution in [1.29, 1.82) is 0 Å². The van der Waals surface area contributed by atoms with E-state index in [-0.39, 0.29) is 10.9 Å². The Morgan fingerprint density at radius 3 is 2.43 bits per heavy atom. The average molecular weight is 524 g/mol. The summed E-state index contributed by atoms with van der Waals surface area (Å²) in [5, 5.41) is 6.53. The van der Waals surface area contributed by atoms with Gasteiger partial charge in [-0.15, -0.1) is 0 Å². The van der Waals surface area contributed by atoms with Crippen molar-refractivity contribution in [1.82, 2.24) is 20.3 Å². The minimum absolute atomic E-state index is 0.00946. The maximum atomic E-state index is 12.6. The van der Waals surface area contributed by atoms with Crippen LogP contribution in [0.2, 0.25) is 0 Å². The zero-order valence-corrected chi connectivity index (χ0v) is 21.8. The van der Waals surface area contributed by atoms with E-state index >= 15 is 0 Å². The average Bonchev–Trinajstić information content (AvgIpc) is 2.92. The molecule has 1 heterocycles. The zero-order valence-electron chi connectivity index (χ0n) is 20.9. The van der Waals surface area contributed by atoms with Crippen LogP contribution in [-0.4, -0.2) is 45.6 Å². The Hall–Kier alpha value is -3.66. The number of urea groups is 2. The third kappa shape index (κ3) is 7.19. The summed E-state index contributed by atoms with van der Waals surface area (Å²) < 4.78 is 27.2. The summed E-state index contributed by atoms with van der Waals surface area (Å²) in [4.78, 5) is 30.7. The number of nitrogens with zero attached hydrogens (tertiary/aromatic N) is 2. The summed E-state index contributed by atoms with van der Waals surface area (Å²) in [7, 11) is -2.31. The number of hydrogen-bond acceptors (Lipinski definition) is 5. The van der Waals surface area contributed by atoms with Gasteiger partial charge in [-0.2, -0.15) is 0 Å². The predicted molar refractivity (Wildman–Crippen MR) is 144 cm³/mol. The van der Waals surface area contributed by atoms with Crippen LogP contribution in [0.15, 0.2) is 65.6 Å². The molecule has 0 atom stereocenters. The largest absolute Gasteiger partial charge is 0.337 e. The highest BCUT2D eigenvalue weighted by molar-refractivity contribution is 7.90. The molecule has 1 aromatic heterocycles. The Morgan fingerprint density at radius 1 is 0.946 bits per heavy atom. The molecule has 4 rings (SSSR count). The molecule has 0 spiro atoms. The van der Waals surface area contributed by atoms with E-state index in [4.69, 9.17) is 0 Å². The number of amides is 4. The van der Waals surface area contributed by atoms with Crippen molar-refractivity contribution in [2.75, 3.05) is 25.0 Å². The number of rotatable bonds is 8. The number of fused-ring (bicyclic) bond motifs is 1. The van der Waals surface area contributed by atoms with Gasteiger partial charge in [0.25, 0.3) is 10.0 Å². The van der Waals surface area contributed by atoms with Crippen molar-refractivity contribution in [2.24, 2.45) is 5.92 Å². The van der Waals surface area contributed by atoms with Gasteiger partial charge in [0.05, 0.1) is 10.4 Å². The highest BCUT2D eigenvalue weighted by Crippen LogP contribution is 2.22. The predicted octanol–water partition coefficient (Wildman–Crippen LogP) is 4.19. The van der Waals surface area contributed by atoms with Crippen LogP contribution < -0.4 is 20.3 Å². The lowest BCUT2D eigenvalue weighted by Crippen LogP contribution is -2.41. The van der Waals surface area contributed by atoms with Crippen LogP contribution in [0.4, 0.5) is 15.4 Å². The molecule has 0 saturated heterocycles. The molecule has 0 bridgehead atoms. The standard InChI is InChI=1S/C27H33N5O4S/c1-32(25-16-13-22-9-5-6-10-24(22)30-25)27(34)28-18-17-20-11-14-23(15-12-20)37(35,36)31-26(33)29-19-21-7-3-2-4-8-21/h5-6,9-16,21H,2-4,7-8,17-19H2,1H3,(H,28,34)(H2,29,31,33). The molecule has 3 aromatic rings. The number of aromatic nitrogens is 1. The van der Waals surface area contributed by atoms with Crippen LogP contribution in [0.3, 0.4) is 0 Å². The van der Waals surface area contributed by atoms with Crippen LogP contribution in [0.25, 0.3) is 10.9 Å². The highest BCUT2D eigenvalue weighted by atomic mass is 32.2. The quantitative estimate of drug-likeness (QED) is 0.409. The van der Waals surface area contributed by atoms with E-state index in [1.165, 1.54) is 23.5 Å². The maximum Gasteiger partial charge on any atom is 0.328 e. The number of anilines is 1. The molecule has 10 heteroatoms. The Balaban J connectivity index is 1.24. The second-order valence-corrected chi connectivity index (χ2v) is 11.0. The van der Waals surface area contributed by atoms with Crippen molar-refractivity contribution in [3.8, 4) is 0 Å². The van der Waals surface area contributed by atoms with Crippen LogP contribution in [0.5, 0.6) is 0 Å². The summed E-state index contributed by atoms with van der Waals surface area (Å²) in [6.45, 7) is 0.850. The molecule has 1 saturated carbocycles. The normalized spacial score (nSPS) is 14.2. The molecule has 0 unspecified atom stereocenters. The number of hydrogen-bond donors (Lipinski definition) is 3. The second-order valence-electron chi connectivity index (χ2n) is 9.37. The number of pyridine rings is 1. The number of carbonyl (C=O) groups is 2. The van der Waals surface area contributed by atoms with Gasteiger partial charge in [-0.25, -0.2) is 27.7 Å². The molecular weight excluding hydrogens is 490 g/mol. The van der Waals surface area contributed by atoms with E-state index in [2.05, 4.69) is 20.3 Å². The molecule has 9 nitrogen and oxygen atoms in total. The fraction of sp³-hybridized carbons (Fsp3) is 0.370. The van der Waals surface area contributed by atoms with Gasteiger partial charge in [-0.1, -0.05) is 49.6 Å². The number of carbonyl (C=O) groups excluding carboxylic acids is 2. The van der Waals surface area contributed by atoms with Gasteiger partial charge >= 0.3 is 12.1 Å². The molecule has 1 fully saturated rings. The van der Waals surface area contributed by atoms with Crippen LogP contribution in [0.1, 0.15) is 37.7 Å². The Labute approximate surface area is 217 Å². The van der Waals surface area contributed by atoms with Crippen LogP contribution >= 0.6 is 0 Å². The van der Waals surface area contributed by atoms with Gasteiger partial charge in [0.2, 0.25) is 0 Å². The van der Waals surface area contributed by atoms with Crippen LogP contribution in [-0.2, 0) is 16.4 Å². The smallest absolute Gasteiger partial charge is 0.328 e. The SMILES string of the molecule is CN(C(=O)NCCc1ccc(S(=O)(=O)NC(=O)NCC2CCCCC2)cc1)c1ccc2ccccc2n1. The second kappa shape index (κ2) is 12.1. The van der Waals surface area contributed by atoms with Crippen LogP contribution in [0, 0.1) is 5.92 Å².